The van der Waals surface area contributed by atoms with Crippen molar-refractivity contribution in [3.8, 4) is 0 Å². The van der Waals surface area contributed by atoms with Gasteiger partial charge in [-0.3, -0.25) is 19.9 Å². The van der Waals surface area contributed by atoms with Gasteiger partial charge in [0.2, 0.25) is 0 Å². The molecule has 6 nitrogen and oxygen atoms in total. The molecule has 0 aliphatic rings. The van der Waals surface area contributed by atoms with Crippen LogP contribution in [-0.4, -0.2) is 69.0 Å². The summed E-state index contributed by atoms with van der Waals surface area (Å²) >= 11 is 0. The van der Waals surface area contributed by atoms with Crippen molar-refractivity contribution < 1.29 is 0 Å². The normalized spacial score (nSPS) is 11.3. The minimum absolute atomic E-state index is 0.964. The van der Waals surface area contributed by atoms with Crippen molar-refractivity contribution in [3.63, 3.8) is 0 Å². The molecule has 0 aliphatic carbocycles. The summed E-state index contributed by atoms with van der Waals surface area (Å²) in [5.41, 5.74) is 4.60. The largest absolute Gasteiger partial charge is 0.303 e. The Morgan fingerprint density at radius 3 is 0.919 bits per heavy atom. The Labute approximate surface area is 221 Å². The van der Waals surface area contributed by atoms with Gasteiger partial charge in [-0.1, -0.05) is 24.3 Å². The van der Waals surface area contributed by atoms with Crippen molar-refractivity contribution in [1.29, 1.82) is 0 Å². The molecule has 37 heavy (non-hydrogen) atoms. The molecule has 0 N–H and O–H groups in total. The average molecular weight is 495 g/mol. The lowest BCUT2D eigenvalue weighted by molar-refractivity contribution is 0.229. The maximum absolute atomic E-state index is 4.52. The monoisotopic (exact) mass is 494 g/mol. The third-order valence-electron chi connectivity index (χ3n) is 6.59. The van der Waals surface area contributed by atoms with E-state index in [1.54, 1.807) is 0 Å². The molecule has 4 rings (SSSR count). The summed E-state index contributed by atoms with van der Waals surface area (Å²) in [6.07, 6.45) is 12.5. The first kappa shape index (κ1) is 26.6. The van der Waals surface area contributed by atoms with Crippen LogP contribution in [0.2, 0.25) is 0 Å². The minimum atomic E-state index is 0.964. The molecular weight excluding hydrogens is 456 g/mol. The Hall–Kier alpha value is -3.48. The first-order chi connectivity index (χ1) is 18.3. The predicted molar refractivity (Wildman–Crippen MR) is 149 cm³/mol. The number of pyridine rings is 4. The summed E-state index contributed by atoms with van der Waals surface area (Å²) in [4.78, 5) is 23.2. The fourth-order valence-corrected chi connectivity index (χ4v) is 4.46. The van der Waals surface area contributed by atoms with E-state index >= 15 is 0 Å². The minimum Gasteiger partial charge on any atom is -0.303 e. The fraction of sp³-hybridized carbons (Fsp3) is 0.355. The van der Waals surface area contributed by atoms with Crippen LogP contribution < -0.4 is 0 Å². The highest BCUT2D eigenvalue weighted by atomic mass is 15.1. The lowest BCUT2D eigenvalue weighted by Crippen LogP contribution is -2.34. The number of hydrogen-bond donors (Lipinski definition) is 0. The van der Waals surface area contributed by atoms with Crippen LogP contribution >= 0.6 is 0 Å². The second kappa shape index (κ2) is 15.6. The van der Waals surface area contributed by atoms with Crippen molar-refractivity contribution in [2.24, 2.45) is 0 Å². The Morgan fingerprint density at radius 2 is 0.676 bits per heavy atom. The maximum atomic E-state index is 4.52. The number of nitrogens with zero attached hydrogens (tertiary/aromatic N) is 6. The summed E-state index contributed by atoms with van der Waals surface area (Å²) in [5, 5.41) is 0. The Balaban J connectivity index is 1.31. The van der Waals surface area contributed by atoms with Gasteiger partial charge >= 0.3 is 0 Å². The Morgan fingerprint density at radius 1 is 0.378 bits per heavy atom. The molecule has 0 spiro atoms. The summed E-state index contributed by atoms with van der Waals surface area (Å²) in [5.74, 6) is 0. The van der Waals surface area contributed by atoms with Crippen LogP contribution in [0.4, 0.5) is 0 Å². The van der Waals surface area contributed by atoms with Crippen molar-refractivity contribution in [2.75, 3.05) is 39.3 Å². The standard InChI is InChI=1S/C31H38N6/c1-5-18-32-28(10-1)14-24-36(25-15-29-11-2-6-19-33-29)22-9-23-37(26-16-30-12-3-7-20-34-30)27-17-31-13-4-8-21-35-31/h1-8,10-13,18-21H,9,14-17,22-27H2. The van der Waals surface area contributed by atoms with Crippen LogP contribution in [0.3, 0.4) is 0 Å². The zero-order valence-electron chi connectivity index (χ0n) is 21.7. The topological polar surface area (TPSA) is 58.0 Å². The number of rotatable bonds is 16. The molecular formula is C31H38N6. The molecule has 192 valence electrons. The molecule has 6 heteroatoms. The van der Waals surface area contributed by atoms with E-state index in [0.29, 0.717) is 0 Å². The van der Waals surface area contributed by atoms with E-state index < -0.39 is 0 Å². The van der Waals surface area contributed by atoms with Crippen LogP contribution in [0.5, 0.6) is 0 Å². The molecule has 4 aromatic heterocycles. The van der Waals surface area contributed by atoms with Crippen molar-refractivity contribution >= 4 is 0 Å². The fourth-order valence-electron chi connectivity index (χ4n) is 4.46. The Bertz CT molecular complexity index is 932. The molecule has 0 aliphatic heterocycles. The second-order valence-corrected chi connectivity index (χ2v) is 9.32. The lowest BCUT2D eigenvalue weighted by Gasteiger charge is -2.26. The van der Waals surface area contributed by atoms with Gasteiger partial charge in [0.1, 0.15) is 0 Å². The van der Waals surface area contributed by atoms with Gasteiger partial charge < -0.3 is 9.80 Å². The molecule has 0 radical (unpaired) electrons. The van der Waals surface area contributed by atoms with Crippen LogP contribution in [0.25, 0.3) is 0 Å². The number of hydrogen-bond acceptors (Lipinski definition) is 6. The van der Waals surface area contributed by atoms with Gasteiger partial charge in [0.05, 0.1) is 0 Å². The highest BCUT2D eigenvalue weighted by Crippen LogP contribution is 2.06. The number of aromatic nitrogens is 4. The third kappa shape index (κ3) is 10.2. The zero-order chi connectivity index (χ0) is 25.4. The second-order valence-electron chi connectivity index (χ2n) is 9.32. The van der Waals surface area contributed by atoms with Gasteiger partial charge in [-0.2, -0.15) is 0 Å². The van der Waals surface area contributed by atoms with Crippen LogP contribution in [-0.2, 0) is 25.7 Å². The van der Waals surface area contributed by atoms with Crippen molar-refractivity contribution in [3.05, 3.63) is 120 Å². The van der Waals surface area contributed by atoms with Gasteiger partial charge in [-0.15, -0.1) is 0 Å². The van der Waals surface area contributed by atoms with Crippen molar-refractivity contribution in [1.82, 2.24) is 29.7 Å². The molecule has 0 fully saturated rings. The molecule has 0 bridgehead atoms. The van der Waals surface area contributed by atoms with E-state index in [1.807, 2.05) is 49.1 Å². The molecule has 0 unspecified atom stereocenters. The zero-order valence-corrected chi connectivity index (χ0v) is 21.7. The van der Waals surface area contributed by atoms with Gasteiger partial charge in [-0.25, -0.2) is 0 Å². The van der Waals surface area contributed by atoms with Gasteiger partial charge in [0.15, 0.2) is 0 Å². The summed E-state index contributed by atoms with van der Waals surface area (Å²) in [6, 6.07) is 24.7. The molecule has 4 aromatic rings. The van der Waals surface area contributed by atoms with Crippen LogP contribution in [0.1, 0.15) is 29.2 Å². The van der Waals surface area contributed by atoms with Gasteiger partial charge in [0, 0.05) is 99.4 Å². The van der Waals surface area contributed by atoms with E-state index in [9.17, 15) is 0 Å². The first-order valence-electron chi connectivity index (χ1n) is 13.4. The first-order valence-corrected chi connectivity index (χ1v) is 13.4. The maximum Gasteiger partial charge on any atom is 0.0416 e. The Kier molecular flexibility index (Phi) is 11.2. The smallest absolute Gasteiger partial charge is 0.0416 e. The van der Waals surface area contributed by atoms with E-state index in [4.69, 9.17) is 0 Å². The van der Waals surface area contributed by atoms with E-state index in [0.717, 1.165) is 94.1 Å². The third-order valence-corrected chi connectivity index (χ3v) is 6.59. The van der Waals surface area contributed by atoms with E-state index in [2.05, 4.69) is 78.3 Å². The summed E-state index contributed by atoms with van der Waals surface area (Å²) < 4.78 is 0. The molecule has 0 aromatic carbocycles. The van der Waals surface area contributed by atoms with Crippen molar-refractivity contribution in [2.45, 2.75) is 32.1 Å². The lowest BCUT2D eigenvalue weighted by atomic mass is 10.2. The van der Waals surface area contributed by atoms with Crippen LogP contribution in [0.15, 0.2) is 97.6 Å². The van der Waals surface area contributed by atoms with Gasteiger partial charge in [-0.05, 0) is 68.0 Å². The quantitative estimate of drug-likeness (QED) is 0.228. The van der Waals surface area contributed by atoms with E-state index in [1.165, 1.54) is 0 Å². The highest BCUT2D eigenvalue weighted by Gasteiger charge is 2.11. The SMILES string of the molecule is c1ccc(CCN(CCCN(CCc2ccccn2)CCc2ccccn2)CCc2ccccn2)nc1. The molecule has 0 amide bonds. The predicted octanol–water partition coefficient (Wildman–Crippen LogP) is 4.53. The van der Waals surface area contributed by atoms with E-state index in [-0.39, 0.29) is 0 Å². The molecule has 0 atom stereocenters. The molecule has 0 saturated heterocycles. The molecule has 0 saturated carbocycles. The highest BCUT2D eigenvalue weighted by molar-refractivity contribution is 5.07. The molecule has 4 heterocycles. The summed E-state index contributed by atoms with van der Waals surface area (Å²) in [6.45, 7) is 6.14. The van der Waals surface area contributed by atoms with Gasteiger partial charge in [0.25, 0.3) is 0 Å². The summed E-state index contributed by atoms with van der Waals surface area (Å²) in [7, 11) is 0. The average Bonchev–Trinajstić information content (AvgIpc) is 2.97. The van der Waals surface area contributed by atoms with Crippen LogP contribution in [0, 0.1) is 0 Å².